The van der Waals surface area contributed by atoms with E-state index in [4.69, 9.17) is 4.74 Å². The SMILES string of the molecule is CCOc1c(-c2ccc(O)cc2)cc(SC)cc1-c1ccc(O)cc1. The molecule has 2 N–H and O–H groups in total. The third-order valence-corrected chi connectivity index (χ3v) is 4.65. The Bertz CT molecular complexity index is 789. The molecular formula is C21H20O3S. The molecule has 0 amide bonds. The molecule has 128 valence electrons. The lowest BCUT2D eigenvalue weighted by molar-refractivity contribution is 0.343. The van der Waals surface area contributed by atoms with Gasteiger partial charge in [0.1, 0.15) is 17.2 Å². The van der Waals surface area contributed by atoms with Crippen molar-refractivity contribution in [2.45, 2.75) is 11.8 Å². The lowest BCUT2D eigenvalue weighted by Crippen LogP contribution is -1.98. The van der Waals surface area contributed by atoms with Gasteiger partial charge in [0, 0.05) is 16.0 Å². The lowest BCUT2D eigenvalue weighted by atomic mass is 9.97. The van der Waals surface area contributed by atoms with E-state index in [1.54, 1.807) is 36.0 Å². The smallest absolute Gasteiger partial charge is 0.134 e. The molecular weight excluding hydrogens is 332 g/mol. The van der Waals surface area contributed by atoms with Crippen LogP contribution in [0.2, 0.25) is 0 Å². The number of hydrogen-bond donors (Lipinski definition) is 2. The van der Waals surface area contributed by atoms with Gasteiger partial charge in [0.15, 0.2) is 0 Å². The van der Waals surface area contributed by atoms with Crippen LogP contribution >= 0.6 is 11.8 Å². The van der Waals surface area contributed by atoms with E-state index in [2.05, 4.69) is 12.1 Å². The molecule has 3 aromatic rings. The van der Waals surface area contributed by atoms with Gasteiger partial charge in [0.2, 0.25) is 0 Å². The number of phenols is 2. The highest BCUT2D eigenvalue weighted by atomic mass is 32.2. The van der Waals surface area contributed by atoms with Crippen LogP contribution in [0.25, 0.3) is 22.3 Å². The monoisotopic (exact) mass is 352 g/mol. The summed E-state index contributed by atoms with van der Waals surface area (Å²) in [7, 11) is 0. The maximum atomic E-state index is 9.58. The zero-order chi connectivity index (χ0) is 17.8. The van der Waals surface area contributed by atoms with Gasteiger partial charge in [0.25, 0.3) is 0 Å². The highest BCUT2D eigenvalue weighted by Crippen LogP contribution is 2.42. The largest absolute Gasteiger partial charge is 0.508 e. The van der Waals surface area contributed by atoms with Crippen molar-refractivity contribution in [1.29, 1.82) is 0 Å². The summed E-state index contributed by atoms with van der Waals surface area (Å²) in [5.74, 6) is 1.28. The zero-order valence-corrected chi connectivity index (χ0v) is 15.0. The maximum Gasteiger partial charge on any atom is 0.134 e. The van der Waals surface area contributed by atoms with Crippen molar-refractivity contribution < 1.29 is 14.9 Å². The van der Waals surface area contributed by atoms with Gasteiger partial charge in [-0.3, -0.25) is 0 Å². The molecule has 0 saturated carbocycles. The average Bonchev–Trinajstić information content (AvgIpc) is 2.63. The van der Waals surface area contributed by atoms with E-state index in [1.165, 1.54) is 0 Å². The molecule has 0 spiro atoms. The molecule has 0 heterocycles. The Morgan fingerprint density at radius 3 is 1.60 bits per heavy atom. The molecule has 0 aliphatic carbocycles. The summed E-state index contributed by atoms with van der Waals surface area (Å²) in [6, 6.07) is 18.5. The standard InChI is InChI=1S/C21H20O3S/c1-3-24-21-19(14-4-8-16(22)9-5-14)12-18(25-2)13-20(21)15-6-10-17(23)11-7-15/h4-13,22-23H,3H2,1-2H3. The second-order valence-electron chi connectivity index (χ2n) is 5.58. The van der Waals surface area contributed by atoms with Gasteiger partial charge in [-0.1, -0.05) is 24.3 Å². The summed E-state index contributed by atoms with van der Waals surface area (Å²) < 4.78 is 6.00. The van der Waals surface area contributed by atoms with Gasteiger partial charge in [-0.25, -0.2) is 0 Å². The van der Waals surface area contributed by atoms with Crippen LogP contribution in [0, 0.1) is 0 Å². The Morgan fingerprint density at radius 2 is 1.24 bits per heavy atom. The van der Waals surface area contributed by atoms with E-state index >= 15 is 0 Å². The first kappa shape index (κ1) is 17.2. The number of ether oxygens (including phenoxy) is 1. The summed E-state index contributed by atoms with van der Waals surface area (Å²) in [6.45, 7) is 2.51. The molecule has 3 nitrogen and oxygen atoms in total. The van der Waals surface area contributed by atoms with Crippen LogP contribution < -0.4 is 4.74 Å². The normalized spacial score (nSPS) is 10.6. The van der Waals surface area contributed by atoms with Crippen LogP contribution in [0.4, 0.5) is 0 Å². The van der Waals surface area contributed by atoms with Crippen LogP contribution in [0.15, 0.2) is 65.6 Å². The third-order valence-electron chi connectivity index (χ3n) is 3.94. The van der Waals surface area contributed by atoms with E-state index in [0.717, 1.165) is 32.9 Å². The van der Waals surface area contributed by atoms with Gasteiger partial charge in [-0.2, -0.15) is 0 Å². The fourth-order valence-electron chi connectivity index (χ4n) is 2.73. The van der Waals surface area contributed by atoms with Crippen molar-refractivity contribution in [2.24, 2.45) is 0 Å². The molecule has 0 bridgehead atoms. The minimum absolute atomic E-state index is 0.237. The van der Waals surface area contributed by atoms with Crippen molar-refractivity contribution in [3.05, 3.63) is 60.7 Å². The van der Waals surface area contributed by atoms with Crippen LogP contribution in [0.5, 0.6) is 17.2 Å². The first-order valence-electron chi connectivity index (χ1n) is 8.06. The Morgan fingerprint density at radius 1 is 0.800 bits per heavy atom. The summed E-state index contributed by atoms with van der Waals surface area (Å²) in [5, 5.41) is 19.2. The minimum Gasteiger partial charge on any atom is -0.508 e. The Labute approximate surface area is 151 Å². The molecule has 0 radical (unpaired) electrons. The van der Waals surface area contributed by atoms with Gasteiger partial charge >= 0.3 is 0 Å². The fourth-order valence-corrected chi connectivity index (χ4v) is 3.20. The van der Waals surface area contributed by atoms with Crippen LogP contribution in [-0.2, 0) is 0 Å². The van der Waals surface area contributed by atoms with E-state index < -0.39 is 0 Å². The number of benzene rings is 3. The molecule has 4 heteroatoms. The minimum atomic E-state index is 0.237. The second-order valence-corrected chi connectivity index (χ2v) is 6.46. The molecule has 25 heavy (non-hydrogen) atoms. The second kappa shape index (κ2) is 7.53. The fraction of sp³-hybridized carbons (Fsp3) is 0.143. The molecule has 0 unspecified atom stereocenters. The zero-order valence-electron chi connectivity index (χ0n) is 14.2. The van der Waals surface area contributed by atoms with Crippen LogP contribution in [-0.4, -0.2) is 23.1 Å². The van der Waals surface area contributed by atoms with Crippen LogP contribution in [0.1, 0.15) is 6.92 Å². The van der Waals surface area contributed by atoms with Crippen molar-refractivity contribution >= 4 is 11.8 Å². The number of hydrogen-bond acceptors (Lipinski definition) is 4. The van der Waals surface area contributed by atoms with Crippen molar-refractivity contribution in [3.63, 3.8) is 0 Å². The molecule has 0 fully saturated rings. The van der Waals surface area contributed by atoms with Crippen molar-refractivity contribution in [3.8, 4) is 39.5 Å². The predicted octanol–water partition coefficient (Wildman–Crippen LogP) is 5.55. The highest BCUT2D eigenvalue weighted by molar-refractivity contribution is 7.98. The number of phenolic OH excluding ortho intramolecular Hbond substituents is 2. The number of thioether (sulfide) groups is 1. The van der Waals surface area contributed by atoms with Gasteiger partial charge in [-0.05, 0) is 60.7 Å². The summed E-state index contributed by atoms with van der Waals surface area (Å²) in [6.07, 6.45) is 2.04. The average molecular weight is 352 g/mol. The third kappa shape index (κ3) is 3.74. The molecule has 0 atom stereocenters. The first-order valence-corrected chi connectivity index (χ1v) is 9.28. The Hall–Kier alpha value is -2.59. The van der Waals surface area contributed by atoms with E-state index in [-0.39, 0.29) is 11.5 Å². The predicted molar refractivity (Wildman–Crippen MR) is 104 cm³/mol. The number of rotatable bonds is 5. The molecule has 3 aromatic carbocycles. The molecule has 3 rings (SSSR count). The van der Waals surface area contributed by atoms with E-state index in [1.807, 2.05) is 37.4 Å². The number of aromatic hydroxyl groups is 2. The Kier molecular flexibility index (Phi) is 5.19. The highest BCUT2D eigenvalue weighted by Gasteiger charge is 2.15. The first-order chi connectivity index (χ1) is 12.1. The molecule has 0 saturated heterocycles. The summed E-state index contributed by atoms with van der Waals surface area (Å²) in [5.41, 5.74) is 3.93. The lowest BCUT2D eigenvalue weighted by Gasteiger charge is -2.17. The van der Waals surface area contributed by atoms with Crippen molar-refractivity contribution in [1.82, 2.24) is 0 Å². The molecule has 0 aromatic heterocycles. The topological polar surface area (TPSA) is 49.7 Å². The molecule has 0 aliphatic heterocycles. The summed E-state index contributed by atoms with van der Waals surface area (Å²) >= 11 is 1.67. The van der Waals surface area contributed by atoms with Gasteiger partial charge < -0.3 is 14.9 Å². The quantitative estimate of drug-likeness (QED) is 0.591. The Balaban J connectivity index is 2.24. The summed E-state index contributed by atoms with van der Waals surface area (Å²) in [4.78, 5) is 1.12. The van der Waals surface area contributed by atoms with Crippen LogP contribution in [0.3, 0.4) is 0 Å². The van der Waals surface area contributed by atoms with Gasteiger partial charge in [0.05, 0.1) is 6.61 Å². The van der Waals surface area contributed by atoms with Crippen molar-refractivity contribution in [2.75, 3.05) is 12.9 Å². The van der Waals surface area contributed by atoms with E-state index in [0.29, 0.717) is 6.61 Å². The molecule has 0 aliphatic rings. The maximum absolute atomic E-state index is 9.58. The van der Waals surface area contributed by atoms with E-state index in [9.17, 15) is 10.2 Å². The van der Waals surface area contributed by atoms with Gasteiger partial charge in [-0.15, -0.1) is 11.8 Å².